The zero-order valence-electron chi connectivity index (χ0n) is 8.33. The summed E-state index contributed by atoms with van der Waals surface area (Å²) in [6, 6.07) is 10.2. The minimum Gasteiger partial charge on any atom is -0.192 e. The van der Waals surface area contributed by atoms with Crippen molar-refractivity contribution in [2.75, 3.05) is 0 Å². The number of rotatable bonds is 3. The SMILES string of the molecule is C=C/C(C#N)=C/c1cccc(CC)c1. The molecule has 0 aliphatic heterocycles. The molecular formula is C13H13N. The topological polar surface area (TPSA) is 23.8 Å². The van der Waals surface area contributed by atoms with Crippen molar-refractivity contribution in [1.29, 1.82) is 5.26 Å². The van der Waals surface area contributed by atoms with E-state index in [1.54, 1.807) is 6.08 Å². The van der Waals surface area contributed by atoms with Crippen molar-refractivity contribution < 1.29 is 0 Å². The summed E-state index contributed by atoms with van der Waals surface area (Å²) in [5.74, 6) is 0. The molecule has 0 radical (unpaired) electrons. The minimum absolute atomic E-state index is 0.596. The molecule has 1 heteroatoms. The Morgan fingerprint density at radius 1 is 1.57 bits per heavy atom. The van der Waals surface area contributed by atoms with Gasteiger partial charge in [0, 0.05) is 0 Å². The van der Waals surface area contributed by atoms with Crippen LogP contribution in [0.4, 0.5) is 0 Å². The number of allylic oxidation sites excluding steroid dienone is 2. The molecule has 70 valence electrons. The molecule has 0 aromatic heterocycles. The second-order valence-corrected chi connectivity index (χ2v) is 3.01. The lowest BCUT2D eigenvalue weighted by Crippen LogP contribution is -1.81. The summed E-state index contributed by atoms with van der Waals surface area (Å²) in [5, 5.41) is 8.72. The predicted molar refractivity (Wildman–Crippen MR) is 59.6 cm³/mol. The number of hydrogen-bond donors (Lipinski definition) is 0. The quantitative estimate of drug-likeness (QED) is 0.520. The Morgan fingerprint density at radius 2 is 2.36 bits per heavy atom. The van der Waals surface area contributed by atoms with E-state index in [1.807, 2.05) is 18.2 Å². The third kappa shape index (κ3) is 2.60. The first-order chi connectivity index (χ1) is 6.80. The summed E-state index contributed by atoms with van der Waals surface area (Å²) in [4.78, 5) is 0. The summed E-state index contributed by atoms with van der Waals surface area (Å²) in [6.45, 7) is 5.69. The predicted octanol–water partition coefficient (Wildman–Crippen LogP) is 3.34. The average molecular weight is 183 g/mol. The molecule has 0 atom stereocenters. The van der Waals surface area contributed by atoms with Crippen molar-refractivity contribution in [1.82, 2.24) is 0 Å². The van der Waals surface area contributed by atoms with E-state index in [0.29, 0.717) is 5.57 Å². The van der Waals surface area contributed by atoms with Gasteiger partial charge in [0.15, 0.2) is 0 Å². The lowest BCUT2D eigenvalue weighted by molar-refractivity contribution is 1.14. The highest BCUT2D eigenvalue weighted by atomic mass is 14.2. The molecule has 0 spiro atoms. The van der Waals surface area contributed by atoms with Gasteiger partial charge in [0.25, 0.3) is 0 Å². The molecule has 0 N–H and O–H groups in total. The van der Waals surface area contributed by atoms with Gasteiger partial charge in [-0.25, -0.2) is 0 Å². The van der Waals surface area contributed by atoms with Crippen LogP contribution in [0.1, 0.15) is 18.1 Å². The van der Waals surface area contributed by atoms with Crippen LogP contribution in [0.2, 0.25) is 0 Å². The van der Waals surface area contributed by atoms with Crippen molar-refractivity contribution in [3.63, 3.8) is 0 Å². The Kier molecular flexibility index (Phi) is 3.69. The van der Waals surface area contributed by atoms with Gasteiger partial charge in [-0.05, 0) is 23.6 Å². The number of aryl methyl sites for hydroxylation is 1. The van der Waals surface area contributed by atoms with Crippen LogP contribution >= 0.6 is 0 Å². The lowest BCUT2D eigenvalue weighted by Gasteiger charge is -1.98. The van der Waals surface area contributed by atoms with E-state index in [0.717, 1.165) is 12.0 Å². The van der Waals surface area contributed by atoms with Gasteiger partial charge in [0.1, 0.15) is 0 Å². The monoisotopic (exact) mass is 183 g/mol. The largest absolute Gasteiger partial charge is 0.192 e. The van der Waals surface area contributed by atoms with E-state index in [4.69, 9.17) is 5.26 Å². The summed E-state index contributed by atoms with van der Waals surface area (Å²) in [5.41, 5.74) is 2.93. The van der Waals surface area contributed by atoms with Gasteiger partial charge >= 0.3 is 0 Å². The molecule has 1 nitrogen and oxygen atoms in total. The highest BCUT2D eigenvalue weighted by Crippen LogP contribution is 2.10. The summed E-state index contributed by atoms with van der Waals surface area (Å²) in [6.07, 6.45) is 4.42. The molecule has 14 heavy (non-hydrogen) atoms. The summed E-state index contributed by atoms with van der Waals surface area (Å²) < 4.78 is 0. The number of benzene rings is 1. The van der Waals surface area contributed by atoms with Gasteiger partial charge in [0.05, 0.1) is 11.6 Å². The average Bonchev–Trinajstić information content (AvgIpc) is 2.26. The number of hydrogen-bond acceptors (Lipinski definition) is 1. The maximum Gasteiger partial charge on any atom is 0.0991 e. The first-order valence-electron chi connectivity index (χ1n) is 4.63. The van der Waals surface area contributed by atoms with Gasteiger partial charge in [-0.1, -0.05) is 43.8 Å². The van der Waals surface area contributed by atoms with Crippen LogP contribution in [0.25, 0.3) is 6.08 Å². The van der Waals surface area contributed by atoms with Gasteiger partial charge in [-0.2, -0.15) is 5.26 Å². The molecular weight excluding hydrogens is 170 g/mol. The van der Waals surface area contributed by atoms with Crippen molar-refractivity contribution in [2.45, 2.75) is 13.3 Å². The Labute approximate surface area is 85.0 Å². The van der Waals surface area contributed by atoms with E-state index in [-0.39, 0.29) is 0 Å². The molecule has 0 bridgehead atoms. The minimum atomic E-state index is 0.596. The van der Waals surface area contributed by atoms with Gasteiger partial charge in [-0.3, -0.25) is 0 Å². The standard InChI is InChI=1S/C13H13N/c1-3-11-6-5-7-13(8-11)9-12(4-2)10-14/h4-9H,2-3H2,1H3/b12-9-. The Balaban J connectivity index is 3.03. The van der Waals surface area contributed by atoms with Gasteiger partial charge in [0.2, 0.25) is 0 Å². The van der Waals surface area contributed by atoms with Crippen LogP contribution in [0.5, 0.6) is 0 Å². The van der Waals surface area contributed by atoms with Crippen LogP contribution in [-0.2, 0) is 6.42 Å². The molecule has 1 rings (SSSR count). The van der Waals surface area contributed by atoms with E-state index >= 15 is 0 Å². The molecule has 0 saturated carbocycles. The molecule has 0 aliphatic rings. The maximum absolute atomic E-state index is 8.72. The lowest BCUT2D eigenvalue weighted by atomic mass is 10.1. The zero-order valence-corrected chi connectivity index (χ0v) is 8.33. The number of nitriles is 1. The van der Waals surface area contributed by atoms with E-state index in [1.165, 1.54) is 5.56 Å². The van der Waals surface area contributed by atoms with Crippen molar-refractivity contribution >= 4 is 6.08 Å². The van der Waals surface area contributed by atoms with Crippen molar-refractivity contribution in [3.05, 3.63) is 53.6 Å². The molecule has 0 amide bonds. The Morgan fingerprint density at radius 3 is 2.93 bits per heavy atom. The first-order valence-corrected chi connectivity index (χ1v) is 4.63. The first kappa shape index (κ1) is 10.3. The second kappa shape index (κ2) is 5.04. The van der Waals surface area contributed by atoms with Crippen molar-refractivity contribution in [2.24, 2.45) is 0 Å². The second-order valence-electron chi connectivity index (χ2n) is 3.01. The summed E-state index contributed by atoms with van der Waals surface area (Å²) in [7, 11) is 0. The molecule has 0 aliphatic carbocycles. The normalized spacial score (nSPS) is 10.7. The molecule has 0 unspecified atom stereocenters. The molecule has 0 saturated heterocycles. The highest BCUT2D eigenvalue weighted by molar-refractivity contribution is 5.60. The number of nitrogens with zero attached hydrogens (tertiary/aromatic N) is 1. The Hall–Kier alpha value is -1.81. The third-order valence-electron chi connectivity index (χ3n) is 2.03. The van der Waals surface area contributed by atoms with Gasteiger partial charge < -0.3 is 0 Å². The van der Waals surface area contributed by atoms with E-state index in [2.05, 4.69) is 31.7 Å². The highest BCUT2D eigenvalue weighted by Gasteiger charge is 1.93. The van der Waals surface area contributed by atoms with Crippen molar-refractivity contribution in [3.8, 4) is 6.07 Å². The third-order valence-corrected chi connectivity index (χ3v) is 2.03. The fourth-order valence-electron chi connectivity index (χ4n) is 1.22. The van der Waals surface area contributed by atoms with E-state index in [9.17, 15) is 0 Å². The maximum atomic E-state index is 8.72. The molecule has 1 aromatic rings. The smallest absolute Gasteiger partial charge is 0.0991 e. The van der Waals surface area contributed by atoms with Gasteiger partial charge in [-0.15, -0.1) is 0 Å². The molecule has 0 heterocycles. The van der Waals surface area contributed by atoms with Crippen LogP contribution in [0.3, 0.4) is 0 Å². The summed E-state index contributed by atoms with van der Waals surface area (Å²) >= 11 is 0. The molecule has 1 aromatic carbocycles. The fourth-order valence-corrected chi connectivity index (χ4v) is 1.22. The van der Waals surface area contributed by atoms with E-state index < -0.39 is 0 Å². The molecule has 0 fully saturated rings. The van der Waals surface area contributed by atoms with Crippen LogP contribution in [0.15, 0.2) is 42.5 Å². The van der Waals surface area contributed by atoms with Crippen LogP contribution < -0.4 is 0 Å². The van der Waals surface area contributed by atoms with Crippen LogP contribution in [-0.4, -0.2) is 0 Å². The Bertz CT molecular complexity index is 394. The fraction of sp³-hybridized carbons (Fsp3) is 0.154. The van der Waals surface area contributed by atoms with Crippen LogP contribution in [0, 0.1) is 11.3 Å². The zero-order chi connectivity index (χ0) is 10.4.